The van der Waals surface area contributed by atoms with E-state index in [0.29, 0.717) is 12.5 Å². The second-order valence-electron chi connectivity index (χ2n) is 10.5. The van der Waals surface area contributed by atoms with Gasteiger partial charge >= 0.3 is 0 Å². The van der Waals surface area contributed by atoms with Crippen LogP contribution >= 0.6 is 11.8 Å². The Bertz CT molecular complexity index is 1040. The molecule has 0 spiro atoms. The monoisotopic (exact) mass is 511 g/mol. The summed E-state index contributed by atoms with van der Waals surface area (Å²) in [5.74, 6) is 1.32. The van der Waals surface area contributed by atoms with Crippen LogP contribution in [0.5, 0.6) is 5.75 Å². The molecule has 0 bridgehead atoms. The normalized spacial score (nSPS) is 18.4. The minimum atomic E-state index is -0.853. The van der Waals surface area contributed by atoms with Gasteiger partial charge in [0.1, 0.15) is 5.75 Å². The molecule has 6 heteroatoms. The van der Waals surface area contributed by atoms with Gasteiger partial charge in [0.2, 0.25) is 0 Å². The van der Waals surface area contributed by atoms with Crippen molar-refractivity contribution in [1.82, 2.24) is 4.90 Å². The van der Waals surface area contributed by atoms with E-state index in [1.54, 1.807) is 25.8 Å². The van der Waals surface area contributed by atoms with Gasteiger partial charge in [0, 0.05) is 43.1 Å². The first-order chi connectivity index (χ1) is 17.1. The number of carbonyl (C=O) groups excluding carboxylic acids is 2. The highest BCUT2D eigenvalue weighted by Crippen LogP contribution is 2.33. The summed E-state index contributed by atoms with van der Waals surface area (Å²) in [7, 11) is 1.72. The van der Waals surface area contributed by atoms with E-state index in [2.05, 4.69) is 17.0 Å². The van der Waals surface area contributed by atoms with Crippen molar-refractivity contribution in [1.29, 1.82) is 0 Å². The molecule has 0 aliphatic carbocycles. The molecule has 2 atom stereocenters. The van der Waals surface area contributed by atoms with E-state index >= 15 is 0 Å². The minimum Gasteiger partial charge on any atom is -0.480 e. The molecule has 0 radical (unpaired) electrons. The Morgan fingerprint density at radius 3 is 2.28 bits per heavy atom. The molecule has 0 amide bonds. The Hall–Kier alpha value is -2.15. The Morgan fingerprint density at radius 1 is 1.08 bits per heavy atom. The van der Waals surface area contributed by atoms with Crippen molar-refractivity contribution in [3.8, 4) is 5.75 Å². The number of hydrogen-bond donors (Lipinski definition) is 0. The number of rotatable bonds is 12. The smallest absolute Gasteiger partial charge is 0.172 e. The van der Waals surface area contributed by atoms with E-state index in [0.717, 1.165) is 54.9 Å². The van der Waals surface area contributed by atoms with Gasteiger partial charge in [-0.3, -0.25) is 9.59 Å². The lowest BCUT2D eigenvalue weighted by atomic mass is 9.84. The molecule has 196 valence electrons. The van der Waals surface area contributed by atoms with Crippen molar-refractivity contribution < 1.29 is 19.1 Å². The molecule has 0 N–H and O–H groups in total. The fourth-order valence-corrected chi connectivity index (χ4v) is 5.36. The average molecular weight is 512 g/mol. The third-order valence-corrected chi connectivity index (χ3v) is 8.11. The van der Waals surface area contributed by atoms with Crippen LogP contribution in [0.2, 0.25) is 0 Å². The number of ether oxygens (including phenoxy) is 2. The largest absolute Gasteiger partial charge is 0.480 e. The quantitative estimate of drug-likeness (QED) is 0.266. The lowest BCUT2D eigenvalue weighted by Crippen LogP contribution is -2.36. The second kappa shape index (κ2) is 12.4. The molecule has 36 heavy (non-hydrogen) atoms. The standard InChI is InChI=1S/C30H41NO4S/c1-20-16-23(17-21(2)29(20)35-30(4,5)22(3)32)8-9-25-18-31(14-15-34-6)19-27(25)28(33)24-10-12-26(36-7)13-11-24/h10-13,16-17,25,27H,8-9,14-15,18-19H2,1-7H3. The zero-order chi connectivity index (χ0) is 26.5. The molecule has 1 heterocycles. The van der Waals surface area contributed by atoms with Crippen molar-refractivity contribution in [3.05, 3.63) is 58.7 Å². The maximum absolute atomic E-state index is 13.5. The predicted octanol–water partition coefficient (Wildman–Crippen LogP) is 5.78. The van der Waals surface area contributed by atoms with Crippen LogP contribution in [0.3, 0.4) is 0 Å². The van der Waals surface area contributed by atoms with Gasteiger partial charge in [-0.15, -0.1) is 11.8 Å². The van der Waals surface area contributed by atoms with Crippen LogP contribution in [-0.4, -0.2) is 61.7 Å². The summed E-state index contributed by atoms with van der Waals surface area (Å²) in [6.07, 6.45) is 3.89. The zero-order valence-electron chi connectivity index (χ0n) is 22.8. The summed E-state index contributed by atoms with van der Waals surface area (Å²) in [5.41, 5.74) is 3.26. The van der Waals surface area contributed by atoms with Crippen molar-refractivity contribution in [2.75, 3.05) is 39.6 Å². The maximum Gasteiger partial charge on any atom is 0.172 e. The molecule has 1 aliphatic heterocycles. The molecule has 3 rings (SSSR count). The summed E-state index contributed by atoms with van der Waals surface area (Å²) in [4.78, 5) is 29.0. The van der Waals surface area contributed by atoms with Crippen LogP contribution in [0.15, 0.2) is 41.3 Å². The van der Waals surface area contributed by atoms with E-state index in [1.165, 1.54) is 10.5 Å². The SMILES string of the molecule is COCCN1CC(CCc2cc(C)c(OC(C)(C)C(C)=O)c(C)c2)C(C(=O)c2ccc(SC)cc2)C1. The predicted molar refractivity (Wildman–Crippen MR) is 147 cm³/mol. The highest BCUT2D eigenvalue weighted by Gasteiger charge is 2.37. The number of thioether (sulfide) groups is 1. The third kappa shape index (κ3) is 6.99. The van der Waals surface area contributed by atoms with Gasteiger partial charge in [0.15, 0.2) is 17.2 Å². The number of aryl methyl sites for hydroxylation is 3. The first kappa shape index (κ1) is 28.4. The molecule has 1 saturated heterocycles. The van der Waals surface area contributed by atoms with E-state index in [-0.39, 0.29) is 17.5 Å². The molecule has 2 aromatic rings. The number of benzene rings is 2. The van der Waals surface area contributed by atoms with E-state index in [9.17, 15) is 9.59 Å². The second-order valence-corrected chi connectivity index (χ2v) is 11.4. The molecule has 2 aromatic carbocycles. The third-order valence-electron chi connectivity index (χ3n) is 7.37. The molecule has 1 aliphatic rings. The minimum absolute atomic E-state index is 0.00318. The fourth-order valence-electron chi connectivity index (χ4n) is 4.95. The van der Waals surface area contributed by atoms with E-state index in [4.69, 9.17) is 9.47 Å². The number of hydrogen-bond acceptors (Lipinski definition) is 6. The van der Waals surface area contributed by atoms with Gasteiger partial charge in [-0.25, -0.2) is 0 Å². The van der Waals surface area contributed by atoms with Crippen molar-refractivity contribution in [2.45, 2.75) is 58.0 Å². The Kier molecular flexibility index (Phi) is 9.79. The molecular weight excluding hydrogens is 470 g/mol. The highest BCUT2D eigenvalue weighted by atomic mass is 32.2. The van der Waals surface area contributed by atoms with E-state index in [1.807, 2.05) is 58.2 Å². The van der Waals surface area contributed by atoms with Gasteiger partial charge in [-0.05, 0) is 88.5 Å². The van der Waals surface area contributed by atoms with Crippen molar-refractivity contribution in [2.24, 2.45) is 11.8 Å². The molecule has 0 aromatic heterocycles. The van der Waals surface area contributed by atoms with Gasteiger partial charge < -0.3 is 14.4 Å². The van der Waals surface area contributed by atoms with Crippen LogP contribution in [0.25, 0.3) is 0 Å². The van der Waals surface area contributed by atoms with Gasteiger partial charge in [0.25, 0.3) is 0 Å². The fraction of sp³-hybridized carbons (Fsp3) is 0.533. The topological polar surface area (TPSA) is 55.8 Å². The number of methoxy groups -OCH3 is 1. The molecule has 2 unspecified atom stereocenters. The average Bonchev–Trinajstić information content (AvgIpc) is 3.26. The molecule has 5 nitrogen and oxygen atoms in total. The first-order valence-electron chi connectivity index (χ1n) is 12.8. The van der Waals surface area contributed by atoms with Crippen LogP contribution in [0.4, 0.5) is 0 Å². The van der Waals surface area contributed by atoms with Crippen LogP contribution in [0.1, 0.15) is 54.2 Å². The van der Waals surface area contributed by atoms with Gasteiger partial charge in [0.05, 0.1) is 6.61 Å². The maximum atomic E-state index is 13.5. The van der Waals surface area contributed by atoms with Crippen LogP contribution in [0, 0.1) is 25.7 Å². The number of likely N-dealkylation sites (tertiary alicyclic amines) is 1. The van der Waals surface area contributed by atoms with Crippen molar-refractivity contribution >= 4 is 23.3 Å². The summed E-state index contributed by atoms with van der Waals surface area (Å²) >= 11 is 1.69. The molecule has 0 saturated carbocycles. The summed E-state index contributed by atoms with van der Waals surface area (Å²) in [5, 5.41) is 0. The van der Waals surface area contributed by atoms with Crippen molar-refractivity contribution in [3.63, 3.8) is 0 Å². The Balaban J connectivity index is 1.74. The molecule has 1 fully saturated rings. The lowest BCUT2D eigenvalue weighted by Gasteiger charge is -2.26. The van der Waals surface area contributed by atoms with Gasteiger partial charge in [-0.2, -0.15) is 0 Å². The highest BCUT2D eigenvalue weighted by molar-refractivity contribution is 7.98. The number of ketones is 2. The summed E-state index contributed by atoms with van der Waals surface area (Å²) in [6, 6.07) is 12.3. The molecular formula is C30H41NO4S. The van der Waals surface area contributed by atoms with Crippen LogP contribution < -0.4 is 4.74 Å². The first-order valence-corrected chi connectivity index (χ1v) is 14.0. The number of nitrogens with zero attached hydrogens (tertiary/aromatic N) is 1. The summed E-state index contributed by atoms with van der Waals surface area (Å²) < 4.78 is 11.4. The van der Waals surface area contributed by atoms with Gasteiger partial charge in [-0.1, -0.05) is 24.3 Å². The lowest BCUT2D eigenvalue weighted by molar-refractivity contribution is -0.129. The Labute approximate surface area is 220 Å². The van der Waals surface area contributed by atoms with E-state index < -0.39 is 5.60 Å². The zero-order valence-corrected chi connectivity index (χ0v) is 23.7. The Morgan fingerprint density at radius 2 is 1.72 bits per heavy atom. The number of carbonyl (C=O) groups is 2. The summed E-state index contributed by atoms with van der Waals surface area (Å²) in [6.45, 7) is 12.5. The number of Topliss-reactive ketones (excluding diaryl/α,β-unsaturated/α-hetero) is 2. The van der Waals surface area contributed by atoms with Crippen LogP contribution in [-0.2, 0) is 16.0 Å².